The van der Waals surface area contributed by atoms with Crippen molar-refractivity contribution in [2.75, 3.05) is 6.61 Å². The van der Waals surface area contributed by atoms with Crippen LogP contribution in [0.25, 0.3) is 33.9 Å². The first-order valence-electron chi connectivity index (χ1n) is 10.1. The van der Waals surface area contributed by atoms with Crippen LogP contribution in [-0.4, -0.2) is 34.8 Å². The Kier molecular flexibility index (Phi) is 4.56. The number of para-hydroxylation sites is 1. The number of hydrogen-bond acceptors (Lipinski definition) is 4. The van der Waals surface area contributed by atoms with Crippen LogP contribution in [0.15, 0.2) is 76.4 Å². The van der Waals surface area contributed by atoms with E-state index in [9.17, 15) is 14.7 Å². The topological polar surface area (TPSA) is 86.5 Å². The lowest BCUT2D eigenvalue weighted by Gasteiger charge is -2.09. The number of aromatic nitrogens is 5. The van der Waals surface area contributed by atoms with E-state index in [1.54, 1.807) is 11.4 Å². The van der Waals surface area contributed by atoms with Crippen molar-refractivity contribution in [1.82, 2.24) is 23.1 Å². The minimum atomic E-state index is -0.443. The van der Waals surface area contributed by atoms with E-state index >= 15 is 0 Å². The molecule has 1 N–H and O–H groups in total. The highest BCUT2D eigenvalue weighted by Crippen LogP contribution is 2.28. The Morgan fingerprint density at radius 2 is 1.65 bits per heavy atom. The van der Waals surface area contributed by atoms with Gasteiger partial charge in [0.2, 0.25) is 5.78 Å². The number of benzene rings is 2. The summed E-state index contributed by atoms with van der Waals surface area (Å²) in [7, 11) is 1.61. The third-order valence-corrected chi connectivity index (χ3v) is 5.47. The largest absolute Gasteiger partial charge is 0.396 e. The van der Waals surface area contributed by atoms with E-state index in [2.05, 4.69) is 0 Å². The smallest absolute Gasteiger partial charge is 0.332 e. The Hall–Kier alpha value is -3.91. The molecule has 0 fully saturated rings. The van der Waals surface area contributed by atoms with Gasteiger partial charge in [-0.15, -0.1) is 0 Å². The SMILES string of the molecule is Cn1c(=O)n(CCCO)c(=O)c2c1nc1n(-c3ccccc3)c(-c3ccccc3)cn21. The molecule has 0 spiro atoms. The fraction of sp³-hybridized carbons (Fsp3) is 0.174. The Bertz CT molecular complexity index is 1510. The summed E-state index contributed by atoms with van der Waals surface area (Å²) in [5, 5.41) is 9.17. The standard InChI is InChI=1S/C23H21N5O3/c1-25-20-19(21(30)26(23(25)31)13-8-14-29)27-15-18(16-9-4-2-5-10-16)28(22(27)24-20)17-11-6-3-7-12-17/h2-7,9-12,15,29H,8,13-14H2,1H3. The van der Waals surface area contributed by atoms with Gasteiger partial charge in [-0.05, 0) is 18.6 Å². The zero-order chi connectivity index (χ0) is 21.5. The van der Waals surface area contributed by atoms with Crippen LogP contribution >= 0.6 is 0 Å². The van der Waals surface area contributed by atoms with Gasteiger partial charge in [-0.1, -0.05) is 48.5 Å². The van der Waals surface area contributed by atoms with Crippen LogP contribution in [0.3, 0.4) is 0 Å². The zero-order valence-electron chi connectivity index (χ0n) is 17.0. The summed E-state index contributed by atoms with van der Waals surface area (Å²) in [5.41, 5.74) is 2.57. The van der Waals surface area contributed by atoms with E-state index < -0.39 is 11.2 Å². The third kappa shape index (κ3) is 2.91. The van der Waals surface area contributed by atoms with Crippen molar-refractivity contribution in [2.45, 2.75) is 13.0 Å². The minimum absolute atomic E-state index is 0.0992. The average Bonchev–Trinajstić information content (AvgIpc) is 3.35. The van der Waals surface area contributed by atoms with Crippen molar-refractivity contribution in [3.05, 3.63) is 87.7 Å². The fourth-order valence-corrected chi connectivity index (χ4v) is 3.97. The maximum Gasteiger partial charge on any atom is 0.332 e. The number of aliphatic hydroxyl groups excluding tert-OH is 1. The monoisotopic (exact) mass is 415 g/mol. The Morgan fingerprint density at radius 1 is 0.968 bits per heavy atom. The molecule has 8 heteroatoms. The number of aryl methyl sites for hydroxylation is 1. The zero-order valence-corrected chi connectivity index (χ0v) is 17.0. The van der Waals surface area contributed by atoms with Gasteiger partial charge in [0, 0.05) is 37.6 Å². The quantitative estimate of drug-likeness (QED) is 0.477. The molecule has 0 aliphatic carbocycles. The summed E-state index contributed by atoms with van der Waals surface area (Å²) in [6.07, 6.45) is 2.21. The van der Waals surface area contributed by atoms with Crippen LogP contribution in [0.5, 0.6) is 0 Å². The maximum absolute atomic E-state index is 13.3. The summed E-state index contributed by atoms with van der Waals surface area (Å²) in [4.78, 5) is 30.7. The number of aliphatic hydroxyl groups is 1. The first-order valence-corrected chi connectivity index (χ1v) is 10.1. The summed E-state index contributed by atoms with van der Waals surface area (Å²) in [6, 6.07) is 19.7. The van der Waals surface area contributed by atoms with Gasteiger partial charge in [-0.25, -0.2) is 4.79 Å². The molecule has 156 valence electrons. The van der Waals surface area contributed by atoms with E-state index in [1.165, 1.54) is 4.57 Å². The van der Waals surface area contributed by atoms with Gasteiger partial charge in [-0.3, -0.25) is 22.9 Å². The summed E-state index contributed by atoms with van der Waals surface area (Å²) < 4.78 is 6.28. The lowest BCUT2D eigenvalue weighted by Crippen LogP contribution is -2.39. The van der Waals surface area contributed by atoms with E-state index in [1.807, 2.05) is 71.4 Å². The Labute approximate surface area is 176 Å². The number of fused-ring (bicyclic) bond motifs is 3. The number of imidazole rings is 2. The van der Waals surface area contributed by atoms with Gasteiger partial charge in [0.05, 0.1) is 5.69 Å². The molecule has 5 rings (SSSR count). The highest BCUT2D eigenvalue weighted by Gasteiger charge is 2.22. The van der Waals surface area contributed by atoms with E-state index in [-0.39, 0.29) is 13.2 Å². The average molecular weight is 415 g/mol. The molecule has 0 aliphatic heterocycles. The van der Waals surface area contributed by atoms with Gasteiger partial charge in [0.15, 0.2) is 11.2 Å². The predicted molar refractivity (Wildman–Crippen MR) is 119 cm³/mol. The van der Waals surface area contributed by atoms with Crippen molar-refractivity contribution >= 4 is 16.9 Å². The van der Waals surface area contributed by atoms with Crippen molar-refractivity contribution in [2.24, 2.45) is 7.05 Å². The molecule has 0 radical (unpaired) electrons. The summed E-state index contributed by atoms with van der Waals surface area (Å²) in [6.45, 7) is 0.0497. The van der Waals surface area contributed by atoms with Crippen molar-refractivity contribution in [3.8, 4) is 16.9 Å². The molecule has 0 bridgehead atoms. The molecule has 0 saturated carbocycles. The lowest BCUT2D eigenvalue weighted by molar-refractivity contribution is 0.277. The van der Waals surface area contributed by atoms with Crippen LogP contribution < -0.4 is 11.2 Å². The normalized spacial score (nSPS) is 11.5. The second-order valence-corrected chi connectivity index (χ2v) is 7.38. The Morgan fingerprint density at radius 3 is 2.32 bits per heavy atom. The van der Waals surface area contributed by atoms with E-state index in [0.717, 1.165) is 21.5 Å². The number of rotatable bonds is 5. The molecule has 0 unspecified atom stereocenters. The summed E-state index contributed by atoms with van der Waals surface area (Å²) in [5.74, 6) is 0.548. The van der Waals surface area contributed by atoms with Gasteiger partial charge in [0.1, 0.15) is 0 Å². The molecule has 0 saturated heterocycles. The fourth-order valence-electron chi connectivity index (χ4n) is 3.97. The van der Waals surface area contributed by atoms with Gasteiger partial charge < -0.3 is 5.11 Å². The van der Waals surface area contributed by atoms with Gasteiger partial charge in [0.25, 0.3) is 5.56 Å². The lowest BCUT2D eigenvalue weighted by atomic mass is 10.1. The van der Waals surface area contributed by atoms with Crippen LogP contribution in [0.4, 0.5) is 0 Å². The molecule has 8 nitrogen and oxygen atoms in total. The molecule has 0 atom stereocenters. The Balaban J connectivity index is 1.91. The van der Waals surface area contributed by atoms with Crippen LogP contribution in [0, 0.1) is 0 Å². The van der Waals surface area contributed by atoms with Crippen LogP contribution in [0.2, 0.25) is 0 Å². The maximum atomic E-state index is 13.3. The van der Waals surface area contributed by atoms with Gasteiger partial charge >= 0.3 is 5.69 Å². The second kappa shape index (κ2) is 7.41. The second-order valence-electron chi connectivity index (χ2n) is 7.38. The van der Waals surface area contributed by atoms with Crippen LogP contribution in [0.1, 0.15) is 6.42 Å². The summed E-state index contributed by atoms with van der Waals surface area (Å²) >= 11 is 0. The molecule has 2 aromatic carbocycles. The molecule has 31 heavy (non-hydrogen) atoms. The van der Waals surface area contributed by atoms with Crippen LogP contribution in [-0.2, 0) is 13.6 Å². The molecule has 0 aliphatic rings. The first-order chi connectivity index (χ1) is 15.1. The van der Waals surface area contributed by atoms with E-state index in [4.69, 9.17) is 4.98 Å². The first kappa shape index (κ1) is 19.1. The molecule has 0 amide bonds. The molecule has 3 heterocycles. The number of nitrogens with zero attached hydrogens (tertiary/aromatic N) is 5. The number of hydrogen-bond donors (Lipinski definition) is 1. The molecule has 5 aromatic rings. The van der Waals surface area contributed by atoms with Crippen molar-refractivity contribution in [1.29, 1.82) is 0 Å². The van der Waals surface area contributed by atoms with E-state index in [0.29, 0.717) is 23.4 Å². The highest BCUT2D eigenvalue weighted by atomic mass is 16.3. The predicted octanol–water partition coefficient (Wildman–Crippen LogP) is 2.19. The molecule has 3 aromatic heterocycles. The highest BCUT2D eigenvalue weighted by molar-refractivity contribution is 5.79. The van der Waals surface area contributed by atoms with Gasteiger partial charge in [-0.2, -0.15) is 4.98 Å². The van der Waals surface area contributed by atoms with Crippen molar-refractivity contribution in [3.63, 3.8) is 0 Å². The molecular formula is C23H21N5O3. The van der Waals surface area contributed by atoms with Crippen molar-refractivity contribution < 1.29 is 5.11 Å². The minimum Gasteiger partial charge on any atom is -0.396 e. The third-order valence-electron chi connectivity index (χ3n) is 5.47. The molecular weight excluding hydrogens is 394 g/mol.